The lowest BCUT2D eigenvalue weighted by atomic mass is 10.0. The molecule has 0 aliphatic heterocycles. The second-order valence-electron chi connectivity index (χ2n) is 6.63. The Labute approximate surface area is 158 Å². The number of anilines is 1. The molecule has 6 heteroatoms. The van der Waals surface area contributed by atoms with Crippen LogP contribution >= 0.6 is 12.2 Å². The van der Waals surface area contributed by atoms with Crippen molar-refractivity contribution in [1.29, 1.82) is 0 Å². The molecule has 0 saturated carbocycles. The third-order valence-electron chi connectivity index (χ3n) is 4.20. The van der Waals surface area contributed by atoms with Gasteiger partial charge in [0.2, 0.25) is 5.91 Å². The Morgan fingerprint density at radius 3 is 2.62 bits per heavy atom. The van der Waals surface area contributed by atoms with Crippen LogP contribution in [0.2, 0.25) is 0 Å². The molecule has 3 rings (SSSR count). The fourth-order valence-corrected chi connectivity index (χ4v) is 2.96. The van der Waals surface area contributed by atoms with Crippen LogP contribution in [0.4, 0.5) is 5.69 Å². The van der Waals surface area contributed by atoms with Crippen molar-refractivity contribution in [3.05, 3.63) is 64.4 Å². The maximum atomic E-state index is 12.5. The van der Waals surface area contributed by atoms with Crippen molar-refractivity contribution in [2.75, 3.05) is 5.32 Å². The van der Waals surface area contributed by atoms with Crippen LogP contribution < -0.4 is 5.32 Å². The van der Waals surface area contributed by atoms with Gasteiger partial charge in [0, 0.05) is 11.3 Å². The summed E-state index contributed by atoms with van der Waals surface area (Å²) in [7, 11) is 0. The third-order valence-corrected chi connectivity index (χ3v) is 4.51. The number of nitrogens with zero attached hydrogens (tertiary/aromatic N) is 2. The van der Waals surface area contributed by atoms with Gasteiger partial charge in [-0.15, -0.1) is 0 Å². The zero-order valence-corrected chi connectivity index (χ0v) is 15.9. The van der Waals surface area contributed by atoms with Crippen molar-refractivity contribution in [3.63, 3.8) is 0 Å². The minimum absolute atomic E-state index is 0.102. The number of nitrogens with one attached hydrogen (secondary N) is 2. The molecule has 5 nitrogen and oxygen atoms in total. The summed E-state index contributed by atoms with van der Waals surface area (Å²) in [4.78, 5) is 12.5. The van der Waals surface area contributed by atoms with Gasteiger partial charge in [-0.25, -0.2) is 0 Å². The fourth-order valence-electron chi connectivity index (χ4n) is 2.76. The molecule has 0 unspecified atom stereocenters. The van der Waals surface area contributed by atoms with Crippen molar-refractivity contribution in [1.82, 2.24) is 14.8 Å². The van der Waals surface area contributed by atoms with Crippen LogP contribution in [-0.2, 0) is 11.3 Å². The standard InChI is InChI=1S/C20H22N4OS/c1-13(2)15-7-9-17(10-8-15)21-18(25)12-24-19(22-23-20(24)26)16-6-4-5-14(3)11-16/h4-11,13H,12H2,1-3H3,(H,21,25)(H,23,26). The normalized spacial score (nSPS) is 10.9. The summed E-state index contributed by atoms with van der Waals surface area (Å²) in [5.41, 5.74) is 4.05. The van der Waals surface area contributed by atoms with Crippen LogP contribution in [0.25, 0.3) is 11.4 Å². The number of H-pyrrole nitrogens is 1. The van der Waals surface area contributed by atoms with E-state index in [1.807, 2.05) is 55.5 Å². The second-order valence-corrected chi connectivity index (χ2v) is 7.02. The van der Waals surface area contributed by atoms with Crippen LogP contribution in [0, 0.1) is 11.7 Å². The highest BCUT2D eigenvalue weighted by Crippen LogP contribution is 2.20. The number of rotatable bonds is 5. The van der Waals surface area contributed by atoms with Crippen LogP contribution in [0.5, 0.6) is 0 Å². The lowest BCUT2D eigenvalue weighted by molar-refractivity contribution is -0.116. The van der Waals surface area contributed by atoms with Gasteiger partial charge < -0.3 is 5.32 Å². The minimum atomic E-state index is -0.145. The number of hydrogen-bond donors (Lipinski definition) is 2. The van der Waals surface area contributed by atoms with Crippen molar-refractivity contribution in [2.45, 2.75) is 33.2 Å². The van der Waals surface area contributed by atoms with Crippen molar-refractivity contribution in [2.24, 2.45) is 0 Å². The van der Waals surface area contributed by atoms with Gasteiger partial charge in [0.15, 0.2) is 10.6 Å². The van der Waals surface area contributed by atoms with Crippen LogP contribution in [0.3, 0.4) is 0 Å². The highest BCUT2D eigenvalue weighted by molar-refractivity contribution is 7.71. The molecule has 0 bridgehead atoms. The number of hydrogen-bond acceptors (Lipinski definition) is 3. The molecule has 0 aliphatic carbocycles. The first-order valence-corrected chi connectivity index (χ1v) is 8.97. The Bertz CT molecular complexity index is 970. The molecular weight excluding hydrogens is 344 g/mol. The van der Waals surface area contributed by atoms with E-state index in [1.54, 1.807) is 4.57 Å². The summed E-state index contributed by atoms with van der Waals surface area (Å²) in [5, 5.41) is 9.98. The van der Waals surface area contributed by atoms with E-state index in [-0.39, 0.29) is 12.5 Å². The number of aromatic nitrogens is 3. The first kappa shape index (κ1) is 18.1. The average molecular weight is 366 g/mol. The molecule has 0 atom stereocenters. The summed E-state index contributed by atoms with van der Waals surface area (Å²) >= 11 is 5.30. The van der Waals surface area contributed by atoms with Gasteiger partial charge in [-0.05, 0) is 48.8 Å². The van der Waals surface area contributed by atoms with Gasteiger partial charge in [0.05, 0.1) is 0 Å². The van der Waals surface area contributed by atoms with E-state index < -0.39 is 0 Å². The van der Waals surface area contributed by atoms with E-state index in [4.69, 9.17) is 12.2 Å². The van der Waals surface area contributed by atoms with Gasteiger partial charge in [0.25, 0.3) is 0 Å². The van der Waals surface area contributed by atoms with Gasteiger partial charge in [0.1, 0.15) is 6.54 Å². The van der Waals surface area contributed by atoms with Crippen molar-refractivity contribution < 1.29 is 4.79 Å². The van der Waals surface area contributed by atoms with E-state index in [1.165, 1.54) is 5.56 Å². The number of carbonyl (C=O) groups excluding carboxylic acids is 1. The highest BCUT2D eigenvalue weighted by Gasteiger charge is 2.13. The number of aryl methyl sites for hydroxylation is 1. The number of amides is 1. The van der Waals surface area contributed by atoms with Crippen LogP contribution in [0.15, 0.2) is 48.5 Å². The summed E-state index contributed by atoms with van der Waals surface area (Å²) in [6.45, 7) is 6.40. The molecule has 0 aliphatic rings. The van der Waals surface area contributed by atoms with E-state index >= 15 is 0 Å². The fraction of sp³-hybridized carbons (Fsp3) is 0.250. The Balaban J connectivity index is 1.78. The monoisotopic (exact) mass is 366 g/mol. The number of carbonyl (C=O) groups is 1. The predicted octanol–water partition coefficient (Wildman–Crippen LogP) is 4.68. The van der Waals surface area contributed by atoms with Gasteiger partial charge in [-0.1, -0.05) is 49.7 Å². The maximum absolute atomic E-state index is 12.5. The average Bonchev–Trinajstić information content (AvgIpc) is 2.96. The molecular formula is C20H22N4OS. The number of benzene rings is 2. The molecule has 134 valence electrons. The smallest absolute Gasteiger partial charge is 0.244 e. The Morgan fingerprint density at radius 1 is 1.23 bits per heavy atom. The molecule has 0 saturated heterocycles. The molecule has 0 fully saturated rings. The molecule has 1 amide bonds. The minimum Gasteiger partial charge on any atom is -0.325 e. The van der Waals surface area contributed by atoms with E-state index in [0.717, 1.165) is 16.8 Å². The molecule has 0 radical (unpaired) electrons. The van der Waals surface area contributed by atoms with Gasteiger partial charge >= 0.3 is 0 Å². The second kappa shape index (κ2) is 7.66. The van der Waals surface area contributed by atoms with E-state index in [9.17, 15) is 4.79 Å². The highest BCUT2D eigenvalue weighted by atomic mass is 32.1. The summed E-state index contributed by atoms with van der Waals surface area (Å²) in [6.07, 6.45) is 0. The predicted molar refractivity (Wildman–Crippen MR) is 107 cm³/mol. The first-order valence-electron chi connectivity index (χ1n) is 8.56. The lowest BCUT2D eigenvalue weighted by Gasteiger charge is -2.10. The van der Waals surface area contributed by atoms with Gasteiger partial charge in [-0.2, -0.15) is 5.10 Å². The molecule has 0 spiro atoms. The van der Waals surface area contributed by atoms with E-state index in [2.05, 4.69) is 29.4 Å². The summed E-state index contributed by atoms with van der Waals surface area (Å²) in [6, 6.07) is 15.9. The lowest BCUT2D eigenvalue weighted by Crippen LogP contribution is -2.19. The molecule has 2 aromatic carbocycles. The SMILES string of the molecule is Cc1cccc(-c2n[nH]c(=S)n2CC(=O)Nc2ccc(C(C)C)cc2)c1. The van der Waals surface area contributed by atoms with Crippen LogP contribution in [0.1, 0.15) is 30.9 Å². The zero-order valence-electron chi connectivity index (χ0n) is 15.1. The number of aromatic amines is 1. The first-order chi connectivity index (χ1) is 12.4. The molecule has 1 heterocycles. The Morgan fingerprint density at radius 2 is 1.96 bits per heavy atom. The quantitative estimate of drug-likeness (QED) is 0.645. The Kier molecular flexibility index (Phi) is 5.32. The molecule has 1 aromatic heterocycles. The van der Waals surface area contributed by atoms with Crippen molar-refractivity contribution in [3.8, 4) is 11.4 Å². The largest absolute Gasteiger partial charge is 0.325 e. The topological polar surface area (TPSA) is 62.7 Å². The Hall–Kier alpha value is -2.73. The van der Waals surface area contributed by atoms with Crippen molar-refractivity contribution >= 4 is 23.8 Å². The molecule has 26 heavy (non-hydrogen) atoms. The summed E-state index contributed by atoms with van der Waals surface area (Å²) in [5.74, 6) is 0.971. The zero-order chi connectivity index (χ0) is 18.7. The summed E-state index contributed by atoms with van der Waals surface area (Å²) < 4.78 is 2.13. The third kappa shape index (κ3) is 4.08. The maximum Gasteiger partial charge on any atom is 0.244 e. The molecule has 2 N–H and O–H groups in total. The van der Waals surface area contributed by atoms with Crippen LogP contribution in [-0.4, -0.2) is 20.7 Å². The molecule has 3 aromatic rings. The van der Waals surface area contributed by atoms with Gasteiger partial charge in [-0.3, -0.25) is 14.5 Å². The van der Waals surface area contributed by atoms with E-state index in [0.29, 0.717) is 16.5 Å².